The fourth-order valence-electron chi connectivity index (χ4n) is 0.0785. The van der Waals surface area contributed by atoms with E-state index in [9.17, 15) is 0 Å². The average molecular weight is 106 g/mol. The van der Waals surface area contributed by atoms with Gasteiger partial charge in [0.25, 0.3) is 0 Å². The zero-order chi connectivity index (χ0) is 4.83. The van der Waals surface area contributed by atoms with Crippen molar-refractivity contribution in [3.63, 3.8) is 0 Å². The van der Waals surface area contributed by atoms with E-state index < -0.39 is 0 Å². The summed E-state index contributed by atoms with van der Waals surface area (Å²) in [5, 5.41) is 0. The Morgan fingerprint density at radius 3 is 2.83 bits per heavy atom. The zero-order valence-electron chi connectivity index (χ0n) is 3.26. The zero-order valence-corrected chi connectivity index (χ0v) is 4.07. The number of hydrogen-bond donors (Lipinski definition) is 1. The SMILES string of the molecule is C=CCOSO. The summed E-state index contributed by atoms with van der Waals surface area (Å²) in [5.41, 5.74) is 0. The smallest absolute Gasteiger partial charge is 0.155 e. The molecule has 0 aromatic carbocycles. The van der Waals surface area contributed by atoms with E-state index in [0.717, 1.165) is 0 Å². The summed E-state index contributed by atoms with van der Waals surface area (Å²) in [7, 11) is 0. The summed E-state index contributed by atoms with van der Waals surface area (Å²) in [6.07, 6.45) is 1.56. The first-order valence-electron chi connectivity index (χ1n) is 1.45. The Hall–Kier alpha value is 0.01000. The molecule has 0 fully saturated rings. The lowest BCUT2D eigenvalue weighted by Crippen LogP contribution is -1.74. The Morgan fingerprint density at radius 1 is 2.00 bits per heavy atom. The Bertz CT molecular complexity index is 37.8. The van der Waals surface area contributed by atoms with E-state index in [4.69, 9.17) is 4.55 Å². The van der Waals surface area contributed by atoms with Gasteiger partial charge in [-0.05, 0) is 0 Å². The monoisotopic (exact) mass is 106 g/mol. The minimum Gasteiger partial charge on any atom is -0.307 e. The van der Waals surface area contributed by atoms with E-state index in [0.29, 0.717) is 18.9 Å². The Balaban J connectivity index is 2.49. The van der Waals surface area contributed by atoms with Crippen LogP contribution in [0, 0.1) is 0 Å². The Kier molecular flexibility index (Phi) is 5.02. The van der Waals surface area contributed by atoms with Crippen molar-refractivity contribution in [3.8, 4) is 0 Å². The highest BCUT2D eigenvalue weighted by atomic mass is 32.2. The van der Waals surface area contributed by atoms with Crippen LogP contribution < -0.4 is 0 Å². The Labute approximate surface area is 41.2 Å². The molecule has 0 saturated heterocycles. The van der Waals surface area contributed by atoms with Crippen LogP contribution in [0.5, 0.6) is 0 Å². The van der Waals surface area contributed by atoms with Crippen LogP contribution in [0.15, 0.2) is 12.7 Å². The topological polar surface area (TPSA) is 29.5 Å². The molecule has 0 radical (unpaired) electrons. The van der Waals surface area contributed by atoms with Crippen LogP contribution in [-0.4, -0.2) is 11.2 Å². The highest BCUT2D eigenvalue weighted by Gasteiger charge is 1.71. The predicted molar refractivity (Wildman–Crippen MR) is 26.4 cm³/mol. The van der Waals surface area contributed by atoms with Crippen LogP contribution in [0.2, 0.25) is 0 Å². The van der Waals surface area contributed by atoms with Crippen molar-refractivity contribution in [2.24, 2.45) is 0 Å². The maximum atomic E-state index is 7.84. The van der Waals surface area contributed by atoms with Gasteiger partial charge in [-0.15, -0.1) is 6.58 Å². The molecule has 2 nitrogen and oxygen atoms in total. The van der Waals surface area contributed by atoms with Crippen LogP contribution >= 0.6 is 12.3 Å². The molecule has 0 spiro atoms. The molecule has 0 aliphatic heterocycles. The normalized spacial score (nSPS) is 8.17. The minimum absolute atomic E-state index is 0.355. The van der Waals surface area contributed by atoms with Crippen molar-refractivity contribution in [2.75, 3.05) is 6.61 Å². The molecular weight excluding hydrogens is 100 g/mol. The van der Waals surface area contributed by atoms with Crippen molar-refractivity contribution >= 4 is 12.3 Å². The fraction of sp³-hybridized carbons (Fsp3) is 0.333. The molecule has 0 aliphatic carbocycles. The van der Waals surface area contributed by atoms with Gasteiger partial charge >= 0.3 is 0 Å². The van der Waals surface area contributed by atoms with E-state index in [-0.39, 0.29) is 0 Å². The lowest BCUT2D eigenvalue weighted by molar-refractivity contribution is 0.389. The summed E-state index contributed by atoms with van der Waals surface area (Å²) in [6.45, 7) is 3.74. The second kappa shape index (κ2) is 5.01. The van der Waals surface area contributed by atoms with Crippen molar-refractivity contribution in [2.45, 2.75) is 0 Å². The molecule has 0 unspecified atom stereocenters. The molecule has 0 amide bonds. The molecule has 36 valence electrons. The maximum Gasteiger partial charge on any atom is 0.155 e. The Morgan fingerprint density at radius 2 is 2.67 bits per heavy atom. The van der Waals surface area contributed by atoms with E-state index >= 15 is 0 Å². The largest absolute Gasteiger partial charge is 0.307 e. The first-order chi connectivity index (χ1) is 2.91. The van der Waals surface area contributed by atoms with Crippen molar-refractivity contribution in [1.82, 2.24) is 0 Å². The van der Waals surface area contributed by atoms with Crippen LogP contribution in [-0.2, 0) is 4.18 Å². The molecule has 6 heavy (non-hydrogen) atoms. The van der Waals surface area contributed by atoms with Gasteiger partial charge in [0.2, 0.25) is 0 Å². The molecular formula is C3H6O2S. The van der Waals surface area contributed by atoms with E-state index in [1.807, 2.05) is 0 Å². The summed E-state index contributed by atoms with van der Waals surface area (Å²) in [5.74, 6) is 0. The highest BCUT2D eigenvalue weighted by molar-refractivity contribution is 7.88. The second-order valence-corrected chi connectivity index (χ2v) is 1.03. The van der Waals surface area contributed by atoms with Crippen LogP contribution in [0.3, 0.4) is 0 Å². The highest BCUT2D eigenvalue weighted by Crippen LogP contribution is 1.90. The molecule has 0 rings (SSSR count). The van der Waals surface area contributed by atoms with Crippen molar-refractivity contribution in [3.05, 3.63) is 12.7 Å². The third-order valence-electron chi connectivity index (χ3n) is 0.239. The van der Waals surface area contributed by atoms with Gasteiger partial charge in [-0.3, -0.25) is 4.18 Å². The third-order valence-corrected chi connectivity index (χ3v) is 0.480. The molecule has 0 atom stereocenters. The molecule has 0 bridgehead atoms. The maximum absolute atomic E-state index is 7.84. The van der Waals surface area contributed by atoms with Gasteiger partial charge in [0.15, 0.2) is 12.3 Å². The minimum atomic E-state index is 0.355. The standard InChI is InChI=1S/C3H6O2S/c1-2-3-5-6-4/h2,4H,1,3H2. The molecule has 0 heterocycles. The lowest BCUT2D eigenvalue weighted by Gasteiger charge is -1.84. The fourth-order valence-corrected chi connectivity index (χ4v) is 0.236. The number of rotatable bonds is 3. The van der Waals surface area contributed by atoms with Gasteiger partial charge in [0.1, 0.15) is 0 Å². The van der Waals surface area contributed by atoms with Gasteiger partial charge in [-0.2, -0.15) is 0 Å². The van der Waals surface area contributed by atoms with E-state index in [1.54, 1.807) is 6.08 Å². The second-order valence-electron chi connectivity index (χ2n) is 0.648. The van der Waals surface area contributed by atoms with E-state index in [1.165, 1.54) is 0 Å². The molecule has 0 saturated carbocycles. The van der Waals surface area contributed by atoms with Crippen LogP contribution in [0.25, 0.3) is 0 Å². The van der Waals surface area contributed by atoms with Gasteiger partial charge < -0.3 is 4.55 Å². The lowest BCUT2D eigenvalue weighted by atomic mass is 10.7. The summed E-state index contributed by atoms with van der Waals surface area (Å²) < 4.78 is 12.2. The predicted octanol–water partition coefficient (Wildman–Crippen LogP) is 1.31. The molecule has 3 heteroatoms. The van der Waals surface area contributed by atoms with Crippen LogP contribution in [0.1, 0.15) is 0 Å². The first-order valence-corrected chi connectivity index (χ1v) is 2.15. The summed E-state index contributed by atoms with van der Waals surface area (Å²) in [6, 6.07) is 0. The van der Waals surface area contributed by atoms with Gasteiger partial charge in [0, 0.05) is 0 Å². The third kappa shape index (κ3) is 4.01. The van der Waals surface area contributed by atoms with Gasteiger partial charge in [0.05, 0.1) is 6.61 Å². The molecule has 1 N–H and O–H groups in total. The van der Waals surface area contributed by atoms with E-state index in [2.05, 4.69) is 10.8 Å². The van der Waals surface area contributed by atoms with Gasteiger partial charge in [-0.1, -0.05) is 6.08 Å². The molecule has 0 aliphatic rings. The van der Waals surface area contributed by atoms with Crippen molar-refractivity contribution < 1.29 is 8.74 Å². The number of hydrogen-bond acceptors (Lipinski definition) is 3. The van der Waals surface area contributed by atoms with Gasteiger partial charge in [-0.25, -0.2) is 0 Å². The molecule has 0 aromatic rings. The van der Waals surface area contributed by atoms with Crippen LogP contribution in [0.4, 0.5) is 0 Å². The summed E-state index contributed by atoms with van der Waals surface area (Å²) in [4.78, 5) is 0. The first kappa shape index (κ1) is 6.01. The quantitative estimate of drug-likeness (QED) is 0.334. The van der Waals surface area contributed by atoms with Crippen molar-refractivity contribution in [1.29, 1.82) is 0 Å². The average Bonchev–Trinajstić information content (AvgIpc) is 1.61. The molecule has 0 aromatic heterocycles. The summed E-state index contributed by atoms with van der Waals surface area (Å²) >= 11 is 0.355.